The Kier molecular flexibility index (Phi) is 11.6. The topological polar surface area (TPSA) is 149 Å². The Bertz CT molecular complexity index is 2870. The van der Waals surface area contributed by atoms with Crippen molar-refractivity contribution in [3.8, 4) is 17.6 Å². The van der Waals surface area contributed by atoms with Crippen LogP contribution in [-0.4, -0.2) is 84.2 Å². The molecular weight excluding hydrogens is 907 g/mol. The number of carbonyl (C=O) groups excluding carboxylic acids is 5. The van der Waals surface area contributed by atoms with Gasteiger partial charge < -0.3 is 30.5 Å². The van der Waals surface area contributed by atoms with E-state index in [0.29, 0.717) is 65.6 Å². The number of likely N-dealkylation sites (tertiary alicyclic amines) is 1. The molecule has 5 heterocycles. The molecule has 4 aromatic rings. The first-order chi connectivity index (χ1) is 32.5. The van der Waals surface area contributed by atoms with Crippen LogP contribution in [0.5, 0.6) is 5.75 Å². The summed E-state index contributed by atoms with van der Waals surface area (Å²) in [6.45, 7) is 8.32. The molecule has 4 aromatic carbocycles. The zero-order chi connectivity index (χ0) is 47.9. The molecule has 352 valence electrons. The second-order valence-corrected chi connectivity index (χ2v) is 21.4. The summed E-state index contributed by atoms with van der Waals surface area (Å²) < 4.78 is 22.2. The third-order valence-electron chi connectivity index (χ3n) is 15.1. The van der Waals surface area contributed by atoms with Crippen molar-refractivity contribution in [3.63, 3.8) is 0 Å². The average molecular weight is 960 g/mol. The molecule has 5 amide bonds. The zero-order valence-electron chi connectivity index (χ0n) is 38.4. The van der Waals surface area contributed by atoms with E-state index in [1.54, 1.807) is 36.4 Å². The lowest BCUT2D eigenvalue weighted by atomic mass is 9.63. The van der Waals surface area contributed by atoms with E-state index < -0.39 is 35.1 Å². The molecule has 15 heteroatoms. The maximum Gasteiger partial charge on any atom is 0.255 e. The fourth-order valence-corrected chi connectivity index (χ4v) is 12.1. The number of nitrogens with one attached hydrogen (secondary N) is 4. The molecule has 0 radical (unpaired) electrons. The number of amides is 5. The van der Waals surface area contributed by atoms with Gasteiger partial charge in [0.2, 0.25) is 17.7 Å². The monoisotopic (exact) mass is 958 g/mol. The first-order valence-corrected chi connectivity index (χ1v) is 24.1. The number of rotatable bonds is 7. The van der Waals surface area contributed by atoms with Gasteiger partial charge in [0.15, 0.2) is 0 Å². The van der Waals surface area contributed by atoms with Crippen LogP contribution in [0.3, 0.4) is 0 Å². The van der Waals surface area contributed by atoms with Gasteiger partial charge >= 0.3 is 0 Å². The fraction of sp³-hybridized carbons (Fsp3) is 0.415. The molecule has 4 N–H and O–H groups in total. The minimum atomic E-state index is -0.897. The fourth-order valence-electron chi connectivity index (χ4n) is 11.7. The third-order valence-corrected chi connectivity index (χ3v) is 15.6. The van der Waals surface area contributed by atoms with E-state index in [9.17, 15) is 24.0 Å². The second-order valence-electron chi connectivity index (χ2n) is 20.6. The van der Waals surface area contributed by atoms with Crippen LogP contribution in [0, 0.1) is 34.4 Å². The van der Waals surface area contributed by atoms with Crippen molar-refractivity contribution in [2.45, 2.75) is 95.3 Å². The predicted molar refractivity (Wildman–Crippen MR) is 257 cm³/mol. The van der Waals surface area contributed by atoms with Gasteiger partial charge in [0.25, 0.3) is 11.8 Å². The molecule has 0 bridgehead atoms. The summed E-state index contributed by atoms with van der Waals surface area (Å²) in [5.41, 5.74) is 4.01. The predicted octanol–water partition coefficient (Wildman–Crippen LogP) is 8.06. The molecule has 5 aliphatic heterocycles. The van der Waals surface area contributed by atoms with Gasteiger partial charge in [-0.3, -0.25) is 29.3 Å². The number of methoxy groups -OCH3 is 1. The third kappa shape index (κ3) is 8.08. The lowest BCUT2D eigenvalue weighted by molar-refractivity contribution is -0.137. The van der Waals surface area contributed by atoms with Crippen LogP contribution in [-0.2, 0) is 26.3 Å². The summed E-state index contributed by atoms with van der Waals surface area (Å²) >= 11 is 12.9. The molecule has 3 saturated heterocycles. The van der Waals surface area contributed by atoms with Crippen molar-refractivity contribution in [2.24, 2.45) is 16.7 Å². The molecule has 68 heavy (non-hydrogen) atoms. The number of carbonyl (C=O) groups is 5. The highest BCUT2D eigenvalue weighted by Gasteiger charge is 2.62. The Morgan fingerprint density at radius 2 is 1.85 bits per heavy atom. The SMILES string of the molecule is COc1cc(C(=O)N2CCC[C@@]3(C[C@@H]3C#Cc3ccc4c(c3)CN(C3CCC(=O)NC3=O)C4=O)C2)ccc1NC(=O)[C@@H]1N[C@@H](CC(C)(C)C)[C@@]2(CNc3cc(Cl)ccc32)[C@H]1c1cccc(Cl)c1F. The summed E-state index contributed by atoms with van der Waals surface area (Å²) in [6, 6.07) is 19.3. The Hall–Kier alpha value is -5.94. The number of nitrogens with zero attached hydrogens (tertiary/aromatic N) is 2. The summed E-state index contributed by atoms with van der Waals surface area (Å²) in [4.78, 5) is 69.8. The van der Waals surface area contributed by atoms with Gasteiger partial charge in [0, 0.05) is 88.7 Å². The zero-order valence-corrected chi connectivity index (χ0v) is 39.9. The van der Waals surface area contributed by atoms with Crippen LogP contribution in [0.25, 0.3) is 0 Å². The first kappa shape index (κ1) is 45.8. The maximum absolute atomic E-state index is 16.3. The number of ether oxygens (including phenoxy) is 1. The lowest BCUT2D eigenvalue weighted by Gasteiger charge is -2.39. The quantitative estimate of drug-likeness (QED) is 0.108. The first-order valence-electron chi connectivity index (χ1n) is 23.3. The van der Waals surface area contributed by atoms with E-state index in [0.717, 1.165) is 41.6 Å². The summed E-state index contributed by atoms with van der Waals surface area (Å²) in [5, 5.41) is 13.2. The maximum atomic E-state index is 16.3. The Labute approximate surface area is 405 Å². The van der Waals surface area contributed by atoms with Crippen LogP contribution >= 0.6 is 23.2 Å². The number of halogens is 3. The van der Waals surface area contributed by atoms with E-state index in [2.05, 4.69) is 53.9 Å². The number of fused-ring (bicyclic) bond motifs is 3. The highest BCUT2D eigenvalue weighted by atomic mass is 35.5. The number of hydrogen-bond donors (Lipinski definition) is 4. The van der Waals surface area contributed by atoms with Crippen LogP contribution < -0.4 is 26.0 Å². The minimum Gasteiger partial charge on any atom is -0.495 e. The molecule has 12 nitrogen and oxygen atoms in total. The largest absolute Gasteiger partial charge is 0.495 e. The van der Waals surface area contributed by atoms with Crippen LogP contribution in [0.2, 0.25) is 10.0 Å². The van der Waals surface area contributed by atoms with Gasteiger partial charge in [-0.15, -0.1) is 0 Å². The molecule has 1 saturated carbocycles. The molecule has 4 fully saturated rings. The molecule has 6 aliphatic rings. The van der Waals surface area contributed by atoms with Crippen molar-refractivity contribution >= 4 is 64.1 Å². The van der Waals surface area contributed by atoms with Gasteiger partial charge in [0.05, 0.1) is 23.9 Å². The van der Waals surface area contributed by atoms with Crippen molar-refractivity contribution in [2.75, 3.05) is 37.4 Å². The molecule has 0 aromatic heterocycles. The van der Waals surface area contributed by atoms with Crippen molar-refractivity contribution in [1.29, 1.82) is 0 Å². The second kappa shape index (κ2) is 17.2. The normalized spacial score (nSPS) is 27.0. The Morgan fingerprint density at radius 3 is 2.63 bits per heavy atom. The highest BCUT2D eigenvalue weighted by molar-refractivity contribution is 6.31. The molecular formula is C53H53Cl2FN6O6. The summed E-state index contributed by atoms with van der Waals surface area (Å²) in [6.07, 6.45) is 3.83. The van der Waals surface area contributed by atoms with Gasteiger partial charge in [-0.05, 0) is 109 Å². The van der Waals surface area contributed by atoms with Crippen LogP contribution in [0.15, 0.2) is 72.8 Å². The molecule has 10 rings (SSSR count). The lowest BCUT2D eigenvalue weighted by Crippen LogP contribution is -2.52. The van der Waals surface area contributed by atoms with E-state index in [4.69, 9.17) is 27.9 Å². The van der Waals surface area contributed by atoms with E-state index in [-0.39, 0.29) is 64.4 Å². The van der Waals surface area contributed by atoms with Gasteiger partial charge in [-0.25, -0.2) is 4.39 Å². The number of benzene rings is 4. The van der Waals surface area contributed by atoms with E-state index >= 15 is 4.39 Å². The standard InChI is InChI=1S/C53H53Cl2FN6O6/c1-51(2,3)25-42-53(27-57-39-23-33(54)13-15-36(39)53)44(35-7-5-8-37(55)45(35)56)46(59-42)48(65)58-38-16-11-30(22-41(38)68-4)49(66)61-20-6-19-52(28-61)24-32(52)12-9-29-10-14-34-31(21-29)26-62(50(34)67)40-17-18-43(63)60-47(40)64/h5,7-8,10-11,13-16,21-23,32,40,42,44,46,57,59H,6,17-20,24-28H2,1-4H3,(H,58,65)(H,60,63,64)/t32-,40?,42-,44-,46+,52+,53-/m0/s1. The van der Waals surface area contributed by atoms with Gasteiger partial charge in [-0.2, -0.15) is 0 Å². The average Bonchev–Trinajstić information content (AvgIpc) is 3.51. The Morgan fingerprint density at radius 1 is 1.03 bits per heavy atom. The molecule has 1 unspecified atom stereocenters. The van der Waals surface area contributed by atoms with Gasteiger partial charge in [0.1, 0.15) is 17.6 Å². The van der Waals surface area contributed by atoms with Crippen LogP contribution in [0.4, 0.5) is 15.8 Å². The van der Waals surface area contributed by atoms with Crippen molar-refractivity contribution in [1.82, 2.24) is 20.4 Å². The summed E-state index contributed by atoms with van der Waals surface area (Å²) in [7, 11) is 1.49. The molecule has 2 spiro atoms. The van der Waals surface area contributed by atoms with E-state index in [1.165, 1.54) is 18.1 Å². The van der Waals surface area contributed by atoms with E-state index in [1.807, 2.05) is 35.2 Å². The van der Waals surface area contributed by atoms with Crippen molar-refractivity contribution < 1.29 is 33.1 Å². The minimum absolute atomic E-state index is 0.0255. The number of hydrogen-bond acceptors (Lipinski definition) is 8. The Balaban J connectivity index is 0.850. The highest BCUT2D eigenvalue weighted by Crippen LogP contribution is 2.58. The molecule has 1 aliphatic carbocycles. The number of piperidine rings is 2. The number of anilines is 2. The van der Waals surface area contributed by atoms with Crippen molar-refractivity contribution in [3.05, 3.63) is 122 Å². The summed E-state index contributed by atoms with van der Waals surface area (Å²) in [5.74, 6) is 4.42. The smallest absolute Gasteiger partial charge is 0.255 e. The number of imide groups is 1. The van der Waals surface area contributed by atoms with Gasteiger partial charge in [-0.1, -0.05) is 74.0 Å². The molecule has 7 atom stereocenters. The van der Waals surface area contributed by atoms with Crippen LogP contribution in [0.1, 0.15) is 108 Å².